The van der Waals surface area contributed by atoms with Crippen molar-refractivity contribution in [2.45, 2.75) is 0 Å². The fraction of sp³-hybridized carbons (Fsp3) is 0.381. The van der Waals surface area contributed by atoms with E-state index in [9.17, 15) is 4.79 Å². The van der Waals surface area contributed by atoms with Crippen LogP contribution in [0.1, 0.15) is 10.5 Å². The van der Waals surface area contributed by atoms with Crippen molar-refractivity contribution in [3.8, 4) is 0 Å². The Kier molecular flexibility index (Phi) is 5.48. The van der Waals surface area contributed by atoms with Gasteiger partial charge in [0.05, 0.1) is 36.6 Å². The number of fused-ring (bicyclic) bond motifs is 1. The number of carbonyl (C=O) groups excluding carboxylic acids is 1. The van der Waals surface area contributed by atoms with Gasteiger partial charge in [-0.3, -0.25) is 9.78 Å². The average molecular weight is 426 g/mol. The smallest absolute Gasteiger partial charge is 0.274 e. The number of rotatable bonds is 4. The van der Waals surface area contributed by atoms with E-state index in [4.69, 9.17) is 14.5 Å². The second-order valence-electron chi connectivity index (χ2n) is 7.23. The molecule has 2 aromatic heterocycles. The predicted octanol–water partition coefficient (Wildman–Crippen LogP) is 2.62. The standard InChI is InChI=1S/C21H23N5O3S/c27-20(18-14-16(3-4-22-18)25-5-9-28-10-6-25)23-15-1-2-17-19(13-15)30-21(24-17)26-7-11-29-12-8-26/h1-4,13-14H,5-12H2,(H,23,27). The molecule has 2 saturated heterocycles. The summed E-state index contributed by atoms with van der Waals surface area (Å²) in [6.45, 7) is 6.21. The van der Waals surface area contributed by atoms with Gasteiger partial charge < -0.3 is 24.6 Å². The minimum Gasteiger partial charge on any atom is -0.378 e. The third kappa shape index (κ3) is 4.09. The zero-order valence-corrected chi connectivity index (χ0v) is 17.4. The van der Waals surface area contributed by atoms with Crippen LogP contribution >= 0.6 is 11.3 Å². The van der Waals surface area contributed by atoms with Crippen molar-refractivity contribution in [3.63, 3.8) is 0 Å². The molecule has 1 aromatic carbocycles. The number of morpholine rings is 2. The highest BCUT2D eigenvalue weighted by Gasteiger charge is 2.17. The van der Waals surface area contributed by atoms with Crippen molar-refractivity contribution in [2.24, 2.45) is 0 Å². The number of thiazole rings is 1. The van der Waals surface area contributed by atoms with Crippen LogP contribution in [0.2, 0.25) is 0 Å². The zero-order valence-electron chi connectivity index (χ0n) is 16.5. The Balaban J connectivity index is 1.31. The van der Waals surface area contributed by atoms with E-state index in [1.165, 1.54) is 0 Å². The number of benzene rings is 1. The number of aromatic nitrogens is 2. The van der Waals surface area contributed by atoms with Crippen LogP contribution in [-0.4, -0.2) is 68.5 Å². The topological polar surface area (TPSA) is 79.8 Å². The quantitative estimate of drug-likeness (QED) is 0.688. The fourth-order valence-corrected chi connectivity index (χ4v) is 4.69. The maximum atomic E-state index is 12.8. The molecule has 0 unspecified atom stereocenters. The molecule has 0 saturated carbocycles. The number of hydrogen-bond donors (Lipinski definition) is 1. The van der Waals surface area contributed by atoms with Crippen molar-refractivity contribution >= 4 is 44.0 Å². The van der Waals surface area contributed by atoms with Gasteiger partial charge in [-0.05, 0) is 30.3 Å². The first-order valence-corrected chi connectivity index (χ1v) is 10.9. The molecular formula is C21H23N5O3S. The Morgan fingerprint density at radius 1 is 0.967 bits per heavy atom. The van der Waals surface area contributed by atoms with Crippen molar-refractivity contribution in [2.75, 3.05) is 67.7 Å². The lowest BCUT2D eigenvalue weighted by Crippen LogP contribution is -2.36. The van der Waals surface area contributed by atoms with Gasteiger partial charge in [-0.15, -0.1) is 0 Å². The normalized spacial score (nSPS) is 17.3. The van der Waals surface area contributed by atoms with E-state index in [2.05, 4.69) is 20.1 Å². The highest BCUT2D eigenvalue weighted by Crippen LogP contribution is 2.31. The Hall–Kier alpha value is -2.75. The minimum absolute atomic E-state index is 0.220. The third-order valence-electron chi connectivity index (χ3n) is 5.27. The average Bonchev–Trinajstić information content (AvgIpc) is 3.24. The van der Waals surface area contributed by atoms with Gasteiger partial charge in [0.2, 0.25) is 0 Å². The van der Waals surface area contributed by atoms with Gasteiger partial charge in [-0.25, -0.2) is 4.98 Å². The van der Waals surface area contributed by atoms with Gasteiger partial charge in [0.15, 0.2) is 5.13 Å². The lowest BCUT2D eigenvalue weighted by atomic mass is 10.2. The van der Waals surface area contributed by atoms with E-state index in [1.54, 1.807) is 17.5 Å². The first-order chi connectivity index (χ1) is 14.8. The summed E-state index contributed by atoms with van der Waals surface area (Å²) in [5.41, 5.74) is 3.07. The SMILES string of the molecule is O=C(Nc1ccc2nc(N3CCOCC3)sc2c1)c1cc(N2CCOCC2)ccn1. The molecule has 0 spiro atoms. The highest BCUT2D eigenvalue weighted by molar-refractivity contribution is 7.22. The molecule has 3 aromatic rings. The van der Waals surface area contributed by atoms with Crippen LogP contribution in [0.25, 0.3) is 10.2 Å². The Labute approximate surface area is 178 Å². The highest BCUT2D eigenvalue weighted by atomic mass is 32.1. The summed E-state index contributed by atoms with van der Waals surface area (Å²) in [6.07, 6.45) is 1.68. The van der Waals surface area contributed by atoms with E-state index in [0.29, 0.717) is 18.9 Å². The summed E-state index contributed by atoms with van der Waals surface area (Å²) in [6, 6.07) is 9.57. The van der Waals surface area contributed by atoms with Gasteiger partial charge in [0, 0.05) is 43.8 Å². The molecule has 2 aliphatic heterocycles. The minimum atomic E-state index is -0.220. The summed E-state index contributed by atoms with van der Waals surface area (Å²) in [4.78, 5) is 26.2. The van der Waals surface area contributed by atoms with Gasteiger partial charge in [0.1, 0.15) is 5.69 Å². The molecule has 1 N–H and O–H groups in total. The van der Waals surface area contributed by atoms with Crippen LogP contribution in [0, 0.1) is 0 Å². The van der Waals surface area contributed by atoms with Gasteiger partial charge in [-0.2, -0.15) is 0 Å². The van der Waals surface area contributed by atoms with Crippen LogP contribution in [0.4, 0.5) is 16.5 Å². The molecule has 0 atom stereocenters. The molecule has 5 rings (SSSR count). The molecule has 0 bridgehead atoms. The van der Waals surface area contributed by atoms with Crippen LogP contribution in [0.15, 0.2) is 36.5 Å². The van der Waals surface area contributed by atoms with Crippen molar-refractivity contribution in [1.82, 2.24) is 9.97 Å². The zero-order chi connectivity index (χ0) is 20.3. The molecule has 30 heavy (non-hydrogen) atoms. The third-order valence-corrected chi connectivity index (χ3v) is 6.35. The van der Waals surface area contributed by atoms with Gasteiger partial charge in [-0.1, -0.05) is 11.3 Å². The largest absolute Gasteiger partial charge is 0.378 e. The lowest BCUT2D eigenvalue weighted by Gasteiger charge is -2.28. The van der Waals surface area contributed by atoms with Crippen LogP contribution in [0.3, 0.4) is 0 Å². The Morgan fingerprint density at radius 2 is 1.70 bits per heavy atom. The molecule has 1 amide bonds. The molecule has 2 aliphatic rings. The Bertz CT molecular complexity index is 1040. The number of carbonyl (C=O) groups is 1. The van der Waals surface area contributed by atoms with E-state index in [0.717, 1.165) is 66.1 Å². The lowest BCUT2D eigenvalue weighted by molar-refractivity contribution is 0.102. The number of anilines is 3. The predicted molar refractivity (Wildman–Crippen MR) is 118 cm³/mol. The first kappa shape index (κ1) is 19.2. The van der Waals surface area contributed by atoms with E-state index in [1.807, 2.05) is 30.3 Å². The van der Waals surface area contributed by atoms with Gasteiger partial charge >= 0.3 is 0 Å². The molecule has 0 radical (unpaired) electrons. The number of hydrogen-bond acceptors (Lipinski definition) is 8. The van der Waals surface area contributed by atoms with Crippen LogP contribution in [-0.2, 0) is 9.47 Å². The van der Waals surface area contributed by atoms with Crippen molar-refractivity contribution in [3.05, 3.63) is 42.2 Å². The van der Waals surface area contributed by atoms with Crippen molar-refractivity contribution in [1.29, 1.82) is 0 Å². The summed E-state index contributed by atoms with van der Waals surface area (Å²) in [7, 11) is 0. The summed E-state index contributed by atoms with van der Waals surface area (Å²) >= 11 is 1.64. The van der Waals surface area contributed by atoms with Gasteiger partial charge in [0.25, 0.3) is 5.91 Å². The molecule has 2 fully saturated rings. The summed E-state index contributed by atoms with van der Waals surface area (Å²) in [5, 5.41) is 3.97. The maximum absolute atomic E-state index is 12.8. The first-order valence-electron chi connectivity index (χ1n) is 10.1. The molecular weight excluding hydrogens is 402 g/mol. The van der Waals surface area contributed by atoms with E-state index < -0.39 is 0 Å². The number of amides is 1. The Morgan fingerprint density at radius 3 is 2.47 bits per heavy atom. The molecule has 9 heteroatoms. The fourth-order valence-electron chi connectivity index (χ4n) is 3.64. The summed E-state index contributed by atoms with van der Waals surface area (Å²) in [5.74, 6) is -0.220. The second-order valence-corrected chi connectivity index (χ2v) is 8.24. The van der Waals surface area contributed by atoms with Crippen molar-refractivity contribution < 1.29 is 14.3 Å². The molecule has 156 valence electrons. The van der Waals surface area contributed by atoms with Crippen LogP contribution < -0.4 is 15.1 Å². The molecule has 8 nitrogen and oxygen atoms in total. The number of nitrogens with zero attached hydrogens (tertiary/aromatic N) is 4. The number of pyridine rings is 1. The van der Waals surface area contributed by atoms with E-state index in [-0.39, 0.29) is 5.91 Å². The van der Waals surface area contributed by atoms with Crippen LogP contribution in [0.5, 0.6) is 0 Å². The number of nitrogens with one attached hydrogen (secondary N) is 1. The van der Waals surface area contributed by atoms with E-state index >= 15 is 0 Å². The summed E-state index contributed by atoms with van der Waals surface area (Å²) < 4.78 is 11.9. The number of ether oxygens (including phenoxy) is 2. The monoisotopic (exact) mass is 425 g/mol. The molecule has 0 aliphatic carbocycles. The molecule has 4 heterocycles. The second kappa shape index (κ2) is 8.55. The maximum Gasteiger partial charge on any atom is 0.274 e.